The Kier molecular flexibility index (Phi) is 12.7. The van der Waals surface area contributed by atoms with Crippen LogP contribution >= 0.6 is 0 Å². The van der Waals surface area contributed by atoms with Crippen molar-refractivity contribution in [2.75, 3.05) is 5.32 Å². The number of hydrogen-bond donors (Lipinski definition) is 1. The van der Waals surface area contributed by atoms with Crippen molar-refractivity contribution in [3.8, 4) is 5.69 Å². The number of halogens is 1. The van der Waals surface area contributed by atoms with E-state index in [9.17, 15) is 4.39 Å². The zero-order valence-electron chi connectivity index (χ0n) is 20.5. The van der Waals surface area contributed by atoms with Gasteiger partial charge in [0.05, 0.1) is 5.69 Å². The number of nitrogens with zero attached hydrogens (tertiary/aromatic N) is 5. The van der Waals surface area contributed by atoms with Gasteiger partial charge in [0, 0.05) is 29.7 Å². The van der Waals surface area contributed by atoms with Gasteiger partial charge in [0.2, 0.25) is 5.95 Å². The number of anilines is 2. The number of aryl methyl sites for hydroxylation is 2. The zero-order chi connectivity index (χ0) is 26.7. The molecule has 196 valence electrons. The largest absolute Gasteiger partial charge is 2.00 e. The third-order valence-corrected chi connectivity index (χ3v) is 4.19. The van der Waals surface area contributed by atoms with E-state index in [0.29, 0.717) is 29.6 Å². The van der Waals surface area contributed by atoms with Crippen molar-refractivity contribution in [2.45, 2.75) is 34.1 Å². The molecule has 0 aliphatic carbocycles. The number of benzene rings is 2. The molecule has 0 fully saturated rings. The number of carboxylic acid groups (broad SMARTS) is 2. The maximum absolute atomic E-state index is 14.5. The molecule has 0 atom stereocenters. The number of carbonyl (C=O) groups is 2. The van der Waals surface area contributed by atoms with Crippen LogP contribution in [-0.2, 0) is 36.4 Å². The van der Waals surface area contributed by atoms with Crippen LogP contribution in [0.2, 0.25) is 0 Å². The predicted octanol–water partition coefficient (Wildman–Crippen LogP) is 1.66. The number of carbonyl (C=O) groups excluding carboxylic acids is 2. The third kappa shape index (κ3) is 11.5. The molecule has 0 saturated heterocycles. The fourth-order valence-electron chi connectivity index (χ4n) is 2.95. The third-order valence-electron chi connectivity index (χ3n) is 4.19. The molecule has 0 spiro atoms. The summed E-state index contributed by atoms with van der Waals surface area (Å²) in [6, 6.07) is 16.9. The maximum Gasteiger partial charge on any atom is 2.00 e. The summed E-state index contributed by atoms with van der Waals surface area (Å²) >= 11 is 0. The van der Waals surface area contributed by atoms with Crippen molar-refractivity contribution < 1.29 is 44.6 Å². The van der Waals surface area contributed by atoms with E-state index in [1.54, 1.807) is 19.1 Å². The monoisotopic (exact) mass is 598 g/mol. The smallest absolute Gasteiger partial charge is 0.550 e. The number of rotatable bonds is 5. The summed E-state index contributed by atoms with van der Waals surface area (Å²) < 4.78 is 15.9. The van der Waals surface area contributed by atoms with Crippen molar-refractivity contribution in [3.05, 3.63) is 89.5 Å². The Hall–Kier alpha value is -4.01. The van der Waals surface area contributed by atoms with Crippen LogP contribution in [0.15, 0.2) is 60.9 Å². The molecule has 37 heavy (non-hydrogen) atoms. The van der Waals surface area contributed by atoms with Gasteiger partial charge in [0.1, 0.15) is 17.8 Å². The second kappa shape index (κ2) is 15.2. The maximum atomic E-state index is 14.5. The topological polar surface area (TPSA) is 149 Å². The van der Waals surface area contributed by atoms with E-state index in [-0.39, 0.29) is 20.4 Å². The van der Waals surface area contributed by atoms with E-state index in [4.69, 9.17) is 19.8 Å². The van der Waals surface area contributed by atoms with E-state index in [1.165, 1.54) is 22.6 Å². The average Bonchev–Trinajstić information content (AvgIpc) is 3.19. The van der Waals surface area contributed by atoms with Gasteiger partial charge in [-0.3, -0.25) is 0 Å². The summed E-state index contributed by atoms with van der Waals surface area (Å²) in [4.78, 5) is 30.8. The van der Waals surface area contributed by atoms with Gasteiger partial charge in [-0.1, -0.05) is 30.3 Å². The summed E-state index contributed by atoms with van der Waals surface area (Å²) in [6.45, 7) is 5.62. The number of nitrogens with one attached hydrogen (secondary N) is 1. The Balaban J connectivity index is 0.000000671. The number of hydrogen-bond acceptors (Lipinski definition) is 9. The molecule has 2 heterocycles. The Bertz CT molecular complexity index is 1300. The van der Waals surface area contributed by atoms with Crippen LogP contribution in [0.1, 0.15) is 36.6 Å². The van der Waals surface area contributed by atoms with E-state index >= 15 is 0 Å². The number of carboxylic acids is 2. The van der Waals surface area contributed by atoms with Gasteiger partial charge < -0.3 is 25.1 Å². The molecule has 0 unspecified atom stereocenters. The van der Waals surface area contributed by atoms with Crippen LogP contribution < -0.4 is 15.5 Å². The zero-order valence-corrected chi connectivity index (χ0v) is 22.1. The van der Waals surface area contributed by atoms with Crippen molar-refractivity contribution >= 4 is 23.6 Å². The fraction of sp³-hybridized carbons (Fsp3) is 0.200. The van der Waals surface area contributed by atoms with E-state index in [0.717, 1.165) is 25.2 Å². The Labute approximate surface area is 227 Å². The standard InChI is InChI=1S/C21H19FN6.2C2H4O2.Pd/c1-14-10-18(11-16-6-4-3-5-7-16)26-21(24-14)25-17-8-9-20(19(22)12-17)28-13-23-15(2)27-28;2*1-2(3)4;/h3-10,12-13H,11H2,1-2H3,(H,24,25,26);2*1H3,(H,3,4);/q;;;+2/p-2. The van der Waals surface area contributed by atoms with Crippen LogP contribution in [0.5, 0.6) is 0 Å². The molecular formula is C25H25FN6O4Pd. The van der Waals surface area contributed by atoms with E-state index in [1.807, 2.05) is 31.2 Å². The second-order valence-corrected chi connectivity index (χ2v) is 7.50. The van der Waals surface area contributed by atoms with Crippen molar-refractivity contribution in [2.24, 2.45) is 0 Å². The Morgan fingerprint density at radius 1 is 0.973 bits per heavy atom. The molecule has 12 heteroatoms. The van der Waals surface area contributed by atoms with Crippen LogP contribution in [0.3, 0.4) is 0 Å². The molecule has 0 bridgehead atoms. The van der Waals surface area contributed by atoms with Gasteiger partial charge in [-0.05, 0) is 57.5 Å². The predicted molar refractivity (Wildman–Crippen MR) is 127 cm³/mol. The van der Waals surface area contributed by atoms with Gasteiger partial charge in [-0.15, -0.1) is 0 Å². The normalized spacial score (nSPS) is 9.54. The van der Waals surface area contributed by atoms with Crippen LogP contribution in [0.4, 0.5) is 16.0 Å². The Morgan fingerprint density at radius 3 is 2.14 bits per heavy atom. The number of aliphatic carboxylic acids is 2. The van der Waals surface area contributed by atoms with Crippen LogP contribution in [0.25, 0.3) is 5.69 Å². The van der Waals surface area contributed by atoms with Crippen molar-refractivity contribution in [1.29, 1.82) is 0 Å². The summed E-state index contributed by atoms with van der Waals surface area (Å²) in [5, 5.41) is 25.0. The first-order chi connectivity index (χ1) is 17.0. The molecule has 0 radical (unpaired) electrons. The molecule has 0 saturated carbocycles. The van der Waals surface area contributed by atoms with E-state index < -0.39 is 17.8 Å². The van der Waals surface area contributed by atoms with Gasteiger partial charge in [0.15, 0.2) is 5.82 Å². The molecule has 10 nitrogen and oxygen atoms in total. The van der Waals surface area contributed by atoms with Crippen molar-refractivity contribution in [3.63, 3.8) is 0 Å². The molecule has 0 aliphatic rings. The Morgan fingerprint density at radius 2 is 1.59 bits per heavy atom. The molecule has 2 aromatic heterocycles. The van der Waals surface area contributed by atoms with Crippen LogP contribution in [0, 0.1) is 19.7 Å². The summed E-state index contributed by atoms with van der Waals surface area (Å²) in [5.74, 6) is -1.55. The number of aromatic nitrogens is 5. The fourth-order valence-corrected chi connectivity index (χ4v) is 2.95. The minimum Gasteiger partial charge on any atom is -0.550 e. The van der Waals surface area contributed by atoms with Gasteiger partial charge >= 0.3 is 20.4 Å². The summed E-state index contributed by atoms with van der Waals surface area (Å²) in [7, 11) is 0. The molecule has 1 N–H and O–H groups in total. The first kappa shape index (κ1) is 31.0. The minimum atomic E-state index is -1.08. The second-order valence-electron chi connectivity index (χ2n) is 7.50. The first-order valence-corrected chi connectivity index (χ1v) is 10.7. The van der Waals surface area contributed by atoms with Gasteiger partial charge in [-0.2, -0.15) is 5.10 Å². The molecule has 4 rings (SSSR count). The molecule has 2 aromatic carbocycles. The quantitative estimate of drug-likeness (QED) is 0.339. The summed E-state index contributed by atoms with van der Waals surface area (Å²) in [6.07, 6.45) is 2.19. The SMILES string of the molecule is CC(=O)[O-].CC(=O)[O-].Cc1cc(Cc2ccccc2)nc(Nc2ccc(-n3cnc(C)n3)c(F)c2)n1.[Pd+2]. The van der Waals surface area contributed by atoms with Crippen LogP contribution in [-0.4, -0.2) is 36.7 Å². The van der Waals surface area contributed by atoms with Gasteiger partial charge in [-0.25, -0.2) is 24.0 Å². The molecule has 4 aromatic rings. The molecule has 0 amide bonds. The van der Waals surface area contributed by atoms with Gasteiger partial charge in [0.25, 0.3) is 0 Å². The molecular weight excluding hydrogens is 574 g/mol. The molecule has 0 aliphatic heterocycles. The summed E-state index contributed by atoms with van der Waals surface area (Å²) in [5.41, 5.74) is 3.82. The average molecular weight is 599 g/mol. The van der Waals surface area contributed by atoms with E-state index in [2.05, 4.69) is 37.5 Å². The van der Waals surface area contributed by atoms with Crippen molar-refractivity contribution in [1.82, 2.24) is 24.7 Å². The first-order valence-electron chi connectivity index (χ1n) is 10.7. The minimum absolute atomic E-state index is 0.